The number of nitrogens with two attached hydrogens (primary N) is 1. The summed E-state index contributed by atoms with van der Waals surface area (Å²) >= 11 is 1.77. The molecule has 2 aromatic rings. The molecule has 0 radical (unpaired) electrons. The highest BCUT2D eigenvalue weighted by Crippen LogP contribution is 2.24. The van der Waals surface area contributed by atoms with Gasteiger partial charge in [-0.2, -0.15) is 0 Å². The molecule has 1 amide bonds. The fourth-order valence-corrected chi connectivity index (χ4v) is 3.83. The van der Waals surface area contributed by atoms with Crippen molar-refractivity contribution in [3.8, 4) is 0 Å². The summed E-state index contributed by atoms with van der Waals surface area (Å²) in [6, 6.07) is 4.24. The van der Waals surface area contributed by atoms with Crippen LogP contribution in [-0.4, -0.2) is 45.6 Å². The largest absolute Gasteiger partial charge is 0.369 e. The summed E-state index contributed by atoms with van der Waals surface area (Å²) in [4.78, 5) is 18.2. The van der Waals surface area contributed by atoms with Crippen molar-refractivity contribution in [3.63, 3.8) is 0 Å². The van der Waals surface area contributed by atoms with Crippen LogP contribution in [-0.2, 0) is 11.2 Å². The van der Waals surface area contributed by atoms with E-state index in [1.807, 2.05) is 0 Å². The van der Waals surface area contributed by atoms with E-state index in [2.05, 4.69) is 37.6 Å². The van der Waals surface area contributed by atoms with Gasteiger partial charge in [0, 0.05) is 23.3 Å². The van der Waals surface area contributed by atoms with Crippen LogP contribution in [0.1, 0.15) is 29.5 Å². The second-order valence-electron chi connectivity index (χ2n) is 5.83. The van der Waals surface area contributed by atoms with E-state index in [0.29, 0.717) is 5.92 Å². The molecule has 22 heavy (non-hydrogen) atoms. The molecule has 1 atom stereocenters. The van der Waals surface area contributed by atoms with Gasteiger partial charge in [-0.15, -0.1) is 21.5 Å². The molecule has 3 N–H and O–H groups in total. The van der Waals surface area contributed by atoms with Gasteiger partial charge in [0.25, 0.3) is 0 Å². The molecule has 3 rings (SSSR count). The van der Waals surface area contributed by atoms with Crippen molar-refractivity contribution in [1.82, 2.24) is 20.1 Å². The lowest BCUT2D eigenvalue weighted by Crippen LogP contribution is -2.40. The van der Waals surface area contributed by atoms with Gasteiger partial charge in [0.15, 0.2) is 0 Å². The highest BCUT2D eigenvalue weighted by Gasteiger charge is 2.26. The number of hydrogen-bond acceptors (Lipinski definition) is 5. The van der Waals surface area contributed by atoms with E-state index in [1.54, 1.807) is 17.7 Å². The predicted molar refractivity (Wildman–Crippen MR) is 85.5 cm³/mol. The van der Waals surface area contributed by atoms with Gasteiger partial charge in [0.05, 0.1) is 0 Å². The molecule has 1 unspecified atom stereocenters. The van der Waals surface area contributed by atoms with Gasteiger partial charge < -0.3 is 15.6 Å². The maximum absolute atomic E-state index is 11.3. The zero-order chi connectivity index (χ0) is 15.4. The smallest absolute Gasteiger partial charge is 0.220 e. The van der Waals surface area contributed by atoms with Crippen LogP contribution in [0, 0.1) is 5.92 Å². The molecule has 3 heterocycles. The van der Waals surface area contributed by atoms with Crippen LogP contribution in [0.15, 0.2) is 23.8 Å². The maximum Gasteiger partial charge on any atom is 0.220 e. The quantitative estimate of drug-likeness (QED) is 0.842. The summed E-state index contributed by atoms with van der Waals surface area (Å²) in [6.07, 6.45) is 4.31. The number of aromatic amines is 1. The van der Waals surface area contributed by atoms with Gasteiger partial charge in [-0.3, -0.25) is 4.79 Å². The molecule has 1 saturated heterocycles. The van der Waals surface area contributed by atoms with E-state index < -0.39 is 0 Å². The van der Waals surface area contributed by atoms with Crippen LogP contribution in [0.2, 0.25) is 0 Å². The summed E-state index contributed by atoms with van der Waals surface area (Å²) in [6.45, 7) is 2.77. The van der Waals surface area contributed by atoms with E-state index >= 15 is 0 Å². The van der Waals surface area contributed by atoms with Crippen molar-refractivity contribution < 1.29 is 4.79 Å². The van der Waals surface area contributed by atoms with Gasteiger partial charge in [-0.25, -0.2) is 0 Å². The molecule has 7 heteroatoms. The normalized spacial score (nSPS) is 18.4. The molecule has 0 spiro atoms. The van der Waals surface area contributed by atoms with E-state index in [1.165, 1.54) is 4.88 Å². The fourth-order valence-electron chi connectivity index (χ4n) is 3.05. The van der Waals surface area contributed by atoms with Gasteiger partial charge >= 0.3 is 0 Å². The Morgan fingerprint density at radius 2 is 2.32 bits per heavy atom. The van der Waals surface area contributed by atoms with Crippen LogP contribution in [0.3, 0.4) is 0 Å². The van der Waals surface area contributed by atoms with Gasteiger partial charge in [0.1, 0.15) is 12.2 Å². The number of likely N-dealkylation sites (tertiary alicyclic amines) is 1. The molecule has 1 aliphatic heterocycles. The van der Waals surface area contributed by atoms with E-state index in [9.17, 15) is 4.79 Å². The van der Waals surface area contributed by atoms with E-state index in [0.717, 1.165) is 44.7 Å². The molecule has 1 fully saturated rings. The summed E-state index contributed by atoms with van der Waals surface area (Å²) in [5.41, 5.74) is 5.40. The van der Waals surface area contributed by atoms with Crippen molar-refractivity contribution in [1.29, 1.82) is 0 Å². The molecule has 6 nitrogen and oxygen atoms in total. The number of nitrogens with zero attached hydrogens (tertiary/aromatic N) is 3. The number of thiophene rings is 1. The van der Waals surface area contributed by atoms with Crippen LogP contribution in [0.25, 0.3) is 0 Å². The zero-order valence-electron chi connectivity index (χ0n) is 12.4. The van der Waals surface area contributed by atoms with Crippen LogP contribution >= 0.6 is 11.3 Å². The number of nitrogens with one attached hydrogen (secondary N) is 1. The average Bonchev–Trinajstić information content (AvgIpc) is 3.20. The lowest BCUT2D eigenvalue weighted by molar-refractivity contribution is -0.123. The standard InChI is InChI=1S/C15H21N5OS/c16-14(21)11-3-5-20(6-4-11)9-12(15-17-10-18-19-15)8-13-2-1-7-22-13/h1-2,7,10-12H,3-6,8-9H2,(H2,16,21)(H,17,18,19). The van der Waals surface area contributed by atoms with Gasteiger partial charge in [-0.1, -0.05) is 6.07 Å². The number of amides is 1. The minimum absolute atomic E-state index is 0.0391. The lowest BCUT2D eigenvalue weighted by atomic mass is 9.94. The van der Waals surface area contributed by atoms with Crippen molar-refractivity contribution >= 4 is 17.2 Å². The Morgan fingerprint density at radius 3 is 2.91 bits per heavy atom. The number of primary amides is 1. The Morgan fingerprint density at radius 1 is 1.50 bits per heavy atom. The summed E-state index contributed by atoms with van der Waals surface area (Å²) in [5, 5.41) is 10.2. The number of H-pyrrole nitrogens is 1. The third-order valence-corrected chi connectivity index (χ3v) is 5.22. The van der Waals surface area contributed by atoms with Gasteiger partial charge in [0.2, 0.25) is 5.91 Å². The van der Waals surface area contributed by atoms with Crippen LogP contribution < -0.4 is 5.73 Å². The third-order valence-electron chi connectivity index (χ3n) is 4.32. The van der Waals surface area contributed by atoms with Crippen molar-refractivity contribution in [2.45, 2.75) is 25.2 Å². The number of piperidine rings is 1. The average molecular weight is 319 g/mol. The van der Waals surface area contributed by atoms with Crippen molar-refractivity contribution in [3.05, 3.63) is 34.5 Å². The number of rotatable bonds is 6. The molecule has 2 aromatic heterocycles. The number of aromatic nitrogens is 3. The molecular weight excluding hydrogens is 298 g/mol. The number of carbonyl (C=O) groups excluding carboxylic acids is 1. The minimum atomic E-state index is -0.162. The zero-order valence-corrected chi connectivity index (χ0v) is 13.3. The van der Waals surface area contributed by atoms with Crippen molar-refractivity contribution in [2.75, 3.05) is 19.6 Å². The third kappa shape index (κ3) is 3.72. The minimum Gasteiger partial charge on any atom is -0.369 e. The van der Waals surface area contributed by atoms with Crippen LogP contribution in [0.4, 0.5) is 0 Å². The van der Waals surface area contributed by atoms with Crippen molar-refractivity contribution in [2.24, 2.45) is 11.7 Å². The lowest BCUT2D eigenvalue weighted by Gasteiger charge is -2.32. The SMILES string of the molecule is NC(=O)C1CCN(CC(Cc2cccs2)c2nnc[nH]2)CC1. The molecule has 0 saturated carbocycles. The maximum atomic E-state index is 11.3. The Labute approximate surface area is 133 Å². The van der Waals surface area contributed by atoms with Gasteiger partial charge in [-0.05, 0) is 43.8 Å². The summed E-state index contributed by atoms with van der Waals surface area (Å²) in [5.74, 6) is 1.11. The topological polar surface area (TPSA) is 87.9 Å². The number of hydrogen-bond donors (Lipinski definition) is 2. The Hall–Kier alpha value is -1.73. The first-order valence-corrected chi connectivity index (χ1v) is 8.50. The second kappa shape index (κ2) is 7.02. The molecular formula is C15H21N5OS. The monoisotopic (exact) mass is 319 g/mol. The molecule has 0 bridgehead atoms. The summed E-state index contributed by atoms with van der Waals surface area (Å²) in [7, 11) is 0. The number of carbonyl (C=O) groups is 1. The summed E-state index contributed by atoms with van der Waals surface area (Å²) < 4.78 is 0. The molecule has 0 aromatic carbocycles. The predicted octanol–water partition coefficient (Wildman–Crippen LogP) is 1.39. The fraction of sp³-hybridized carbons (Fsp3) is 0.533. The Bertz CT molecular complexity index is 575. The van der Waals surface area contributed by atoms with E-state index in [-0.39, 0.29) is 11.8 Å². The van der Waals surface area contributed by atoms with E-state index in [4.69, 9.17) is 5.73 Å². The highest BCUT2D eigenvalue weighted by molar-refractivity contribution is 7.09. The Kier molecular flexibility index (Phi) is 4.84. The first kappa shape index (κ1) is 15.2. The highest BCUT2D eigenvalue weighted by atomic mass is 32.1. The molecule has 118 valence electrons. The molecule has 1 aliphatic rings. The second-order valence-corrected chi connectivity index (χ2v) is 6.86. The Balaban J connectivity index is 1.62. The van der Waals surface area contributed by atoms with Crippen LogP contribution in [0.5, 0.6) is 0 Å². The first-order valence-electron chi connectivity index (χ1n) is 7.62. The molecule has 0 aliphatic carbocycles. The first-order chi connectivity index (χ1) is 10.7.